The van der Waals surface area contributed by atoms with E-state index in [2.05, 4.69) is 33.9 Å². The van der Waals surface area contributed by atoms with Crippen LogP contribution in [0.5, 0.6) is 0 Å². The van der Waals surface area contributed by atoms with Crippen molar-refractivity contribution in [3.63, 3.8) is 0 Å². The molecule has 0 aliphatic heterocycles. The first-order valence-corrected chi connectivity index (χ1v) is 6.22. The van der Waals surface area contributed by atoms with Gasteiger partial charge in [-0.1, -0.05) is 6.92 Å². The second-order valence-corrected chi connectivity index (χ2v) is 4.54. The average Bonchev–Trinajstić information content (AvgIpc) is 2.87. The normalized spacial score (nSPS) is 10.9. The number of rotatable bonds is 5. The van der Waals surface area contributed by atoms with Crippen molar-refractivity contribution < 1.29 is 4.42 Å². The summed E-state index contributed by atoms with van der Waals surface area (Å²) in [5, 5.41) is 13.2. The van der Waals surface area contributed by atoms with Crippen LogP contribution in [0.25, 0.3) is 0 Å². The van der Waals surface area contributed by atoms with E-state index in [0.717, 1.165) is 13.0 Å². The molecule has 1 N–H and O–H groups in total. The Morgan fingerprint density at radius 1 is 1.38 bits per heavy atom. The molecule has 2 aromatic rings. The fraction of sp³-hybridized carbons (Fsp3) is 0.455. The number of nitrogens with zero attached hydrogens (tertiary/aromatic N) is 2. The molecule has 0 saturated carbocycles. The van der Waals surface area contributed by atoms with Crippen molar-refractivity contribution in [1.29, 1.82) is 0 Å². The SMILES string of the molecule is CCc1ccsc1CNCc1nnc(C)o1. The topological polar surface area (TPSA) is 51.0 Å². The molecule has 2 aromatic heterocycles. The Morgan fingerprint density at radius 3 is 2.94 bits per heavy atom. The molecule has 0 aromatic carbocycles. The van der Waals surface area contributed by atoms with Gasteiger partial charge in [0.1, 0.15) is 0 Å². The van der Waals surface area contributed by atoms with Gasteiger partial charge >= 0.3 is 0 Å². The number of nitrogens with one attached hydrogen (secondary N) is 1. The van der Waals surface area contributed by atoms with Gasteiger partial charge in [-0.3, -0.25) is 0 Å². The van der Waals surface area contributed by atoms with Crippen LogP contribution >= 0.6 is 11.3 Å². The summed E-state index contributed by atoms with van der Waals surface area (Å²) in [6.45, 7) is 5.46. The molecule has 2 heterocycles. The highest BCUT2D eigenvalue weighted by Crippen LogP contribution is 2.16. The first kappa shape index (κ1) is 11.3. The molecule has 0 spiro atoms. The number of hydrogen-bond donors (Lipinski definition) is 1. The van der Waals surface area contributed by atoms with Crippen LogP contribution in [0.2, 0.25) is 0 Å². The van der Waals surface area contributed by atoms with Gasteiger partial charge in [0.2, 0.25) is 11.8 Å². The summed E-state index contributed by atoms with van der Waals surface area (Å²) in [5.74, 6) is 1.26. The van der Waals surface area contributed by atoms with Crippen LogP contribution in [0.1, 0.15) is 29.1 Å². The highest BCUT2D eigenvalue weighted by atomic mass is 32.1. The summed E-state index contributed by atoms with van der Waals surface area (Å²) in [7, 11) is 0. The van der Waals surface area contributed by atoms with E-state index in [0.29, 0.717) is 18.3 Å². The number of aromatic nitrogens is 2. The maximum atomic E-state index is 5.28. The van der Waals surface area contributed by atoms with Crippen molar-refractivity contribution in [3.8, 4) is 0 Å². The highest BCUT2D eigenvalue weighted by molar-refractivity contribution is 7.10. The summed E-state index contributed by atoms with van der Waals surface area (Å²) in [6.07, 6.45) is 1.08. The van der Waals surface area contributed by atoms with Gasteiger partial charge in [0.15, 0.2) is 0 Å². The predicted octanol–water partition coefficient (Wildman–Crippen LogP) is 2.29. The Labute approximate surface area is 98.7 Å². The van der Waals surface area contributed by atoms with Gasteiger partial charge in [-0.2, -0.15) is 0 Å². The van der Waals surface area contributed by atoms with Crippen LogP contribution in [0.4, 0.5) is 0 Å². The number of hydrogen-bond acceptors (Lipinski definition) is 5. The Balaban J connectivity index is 1.84. The average molecular weight is 237 g/mol. The van der Waals surface area contributed by atoms with Crippen molar-refractivity contribution >= 4 is 11.3 Å². The molecular formula is C11H15N3OS. The van der Waals surface area contributed by atoms with Crippen LogP contribution in [0.3, 0.4) is 0 Å². The van der Waals surface area contributed by atoms with Gasteiger partial charge in [0, 0.05) is 18.3 Å². The molecule has 0 saturated heterocycles. The van der Waals surface area contributed by atoms with E-state index in [1.807, 2.05) is 0 Å². The van der Waals surface area contributed by atoms with Crippen molar-refractivity contribution in [3.05, 3.63) is 33.7 Å². The predicted molar refractivity (Wildman–Crippen MR) is 63.3 cm³/mol. The molecule has 0 atom stereocenters. The van der Waals surface area contributed by atoms with Crippen molar-refractivity contribution in [1.82, 2.24) is 15.5 Å². The Hall–Kier alpha value is -1.20. The van der Waals surface area contributed by atoms with Crippen LogP contribution in [-0.2, 0) is 19.5 Å². The van der Waals surface area contributed by atoms with E-state index >= 15 is 0 Å². The molecule has 5 heteroatoms. The molecular weight excluding hydrogens is 222 g/mol. The summed E-state index contributed by atoms with van der Waals surface area (Å²) in [6, 6.07) is 2.18. The van der Waals surface area contributed by atoms with Gasteiger partial charge in [0.05, 0.1) is 6.54 Å². The van der Waals surface area contributed by atoms with E-state index in [1.165, 1.54) is 10.4 Å². The van der Waals surface area contributed by atoms with Crippen LogP contribution < -0.4 is 5.32 Å². The zero-order valence-electron chi connectivity index (χ0n) is 9.49. The van der Waals surface area contributed by atoms with Crippen LogP contribution in [-0.4, -0.2) is 10.2 Å². The minimum atomic E-state index is 0.613. The van der Waals surface area contributed by atoms with Gasteiger partial charge in [-0.25, -0.2) is 0 Å². The Kier molecular flexibility index (Phi) is 3.69. The molecule has 0 amide bonds. The molecule has 2 rings (SSSR count). The third-order valence-electron chi connectivity index (χ3n) is 2.35. The molecule has 4 nitrogen and oxygen atoms in total. The van der Waals surface area contributed by atoms with E-state index in [9.17, 15) is 0 Å². The maximum Gasteiger partial charge on any atom is 0.230 e. The summed E-state index contributed by atoms with van der Waals surface area (Å²) in [4.78, 5) is 1.39. The number of aryl methyl sites for hydroxylation is 2. The lowest BCUT2D eigenvalue weighted by atomic mass is 10.2. The minimum Gasteiger partial charge on any atom is -0.424 e. The van der Waals surface area contributed by atoms with Gasteiger partial charge in [-0.05, 0) is 23.4 Å². The lowest BCUT2D eigenvalue weighted by Crippen LogP contribution is -2.12. The third kappa shape index (κ3) is 2.68. The lowest BCUT2D eigenvalue weighted by Gasteiger charge is -2.01. The monoisotopic (exact) mass is 237 g/mol. The van der Waals surface area contributed by atoms with Crippen molar-refractivity contribution in [2.75, 3.05) is 0 Å². The first-order valence-electron chi connectivity index (χ1n) is 5.34. The fourth-order valence-electron chi connectivity index (χ4n) is 1.53. The third-order valence-corrected chi connectivity index (χ3v) is 3.31. The van der Waals surface area contributed by atoms with E-state index < -0.39 is 0 Å². The molecule has 86 valence electrons. The zero-order chi connectivity index (χ0) is 11.4. The van der Waals surface area contributed by atoms with Crippen molar-refractivity contribution in [2.45, 2.75) is 33.4 Å². The second-order valence-electron chi connectivity index (χ2n) is 3.54. The maximum absolute atomic E-state index is 5.28. The van der Waals surface area contributed by atoms with E-state index in [1.54, 1.807) is 18.3 Å². The Bertz CT molecular complexity index is 450. The van der Waals surface area contributed by atoms with E-state index in [-0.39, 0.29) is 0 Å². The first-order chi connectivity index (χ1) is 7.79. The van der Waals surface area contributed by atoms with Crippen LogP contribution in [0, 0.1) is 6.92 Å². The molecule has 0 fully saturated rings. The quantitative estimate of drug-likeness (QED) is 0.867. The molecule has 0 unspecified atom stereocenters. The summed E-state index contributed by atoms with van der Waals surface area (Å²) >= 11 is 1.79. The lowest BCUT2D eigenvalue weighted by molar-refractivity contribution is 0.447. The highest BCUT2D eigenvalue weighted by Gasteiger charge is 2.04. The fourth-order valence-corrected chi connectivity index (χ4v) is 2.47. The molecule has 0 aliphatic rings. The largest absolute Gasteiger partial charge is 0.424 e. The number of thiophene rings is 1. The molecule has 0 radical (unpaired) electrons. The second kappa shape index (κ2) is 5.23. The molecule has 16 heavy (non-hydrogen) atoms. The molecule has 0 aliphatic carbocycles. The summed E-state index contributed by atoms with van der Waals surface area (Å²) in [5.41, 5.74) is 1.42. The smallest absolute Gasteiger partial charge is 0.230 e. The summed E-state index contributed by atoms with van der Waals surface area (Å²) < 4.78 is 5.28. The van der Waals surface area contributed by atoms with Gasteiger partial charge in [0.25, 0.3) is 0 Å². The minimum absolute atomic E-state index is 0.613. The van der Waals surface area contributed by atoms with E-state index in [4.69, 9.17) is 4.42 Å². The van der Waals surface area contributed by atoms with Crippen LogP contribution in [0.15, 0.2) is 15.9 Å². The van der Waals surface area contributed by atoms with Crippen molar-refractivity contribution in [2.24, 2.45) is 0 Å². The Morgan fingerprint density at radius 2 is 2.25 bits per heavy atom. The van der Waals surface area contributed by atoms with Gasteiger partial charge in [-0.15, -0.1) is 21.5 Å². The standard InChI is InChI=1S/C11H15N3OS/c1-3-9-4-5-16-10(9)6-12-7-11-14-13-8(2)15-11/h4-5,12H,3,6-7H2,1-2H3. The van der Waals surface area contributed by atoms with Gasteiger partial charge < -0.3 is 9.73 Å². The zero-order valence-corrected chi connectivity index (χ0v) is 10.3. The molecule has 0 bridgehead atoms.